The van der Waals surface area contributed by atoms with Crippen molar-refractivity contribution in [2.75, 3.05) is 51.3 Å². The molecule has 3 heterocycles. The lowest BCUT2D eigenvalue weighted by Gasteiger charge is -2.36. The largest absolute Gasteiger partial charge is 0.383 e. The molecule has 180 valence electrons. The molecule has 0 spiro atoms. The number of thioether (sulfide) groups is 1. The summed E-state index contributed by atoms with van der Waals surface area (Å²) in [5.74, 6) is -0.609. The number of para-hydroxylation sites is 1. The van der Waals surface area contributed by atoms with Gasteiger partial charge in [0.1, 0.15) is 6.54 Å². The molecule has 0 unspecified atom stereocenters. The van der Waals surface area contributed by atoms with Gasteiger partial charge in [0.2, 0.25) is 5.91 Å². The Morgan fingerprint density at radius 2 is 1.79 bits per heavy atom. The van der Waals surface area contributed by atoms with E-state index in [2.05, 4.69) is 21.6 Å². The Morgan fingerprint density at radius 3 is 2.47 bits per heavy atom. The van der Waals surface area contributed by atoms with Gasteiger partial charge < -0.3 is 19.1 Å². The summed E-state index contributed by atoms with van der Waals surface area (Å²) in [5.41, 5.74) is 4.09. The van der Waals surface area contributed by atoms with Crippen molar-refractivity contribution in [3.8, 4) is 0 Å². The first-order chi connectivity index (χ1) is 16.4. The molecule has 3 amide bonds. The van der Waals surface area contributed by atoms with Crippen molar-refractivity contribution in [2.45, 2.75) is 20.4 Å². The molecule has 0 aliphatic carbocycles. The zero-order chi connectivity index (χ0) is 24.2. The zero-order valence-corrected chi connectivity index (χ0v) is 20.6. The first-order valence-electron chi connectivity index (χ1n) is 11.4. The van der Waals surface area contributed by atoms with Crippen molar-refractivity contribution >= 4 is 40.6 Å². The number of anilines is 1. The van der Waals surface area contributed by atoms with Crippen molar-refractivity contribution < 1.29 is 19.1 Å². The van der Waals surface area contributed by atoms with Gasteiger partial charge in [-0.15, -0.1) is 0 Å². The lowest BCUT2D eigenvalue weighted by molar-refractivity contribution is -0.136. The molecule has 1 aromatic heterocycles. The maximum atomic E-state index is 13.0. The Balaban J connectivity index is 1.38. The molecule has 0 atom stereocenters. The summed E-state index contributed by atoms with van der Waals surface area (Å²) in [6.45, 7) is 7.63. The molecule has 1 aromatic carbocycles. The molecule has 2 aliphatic rings. The van der Waals surface area contributed by atoms with Gasteiger partial charge in [0.25, 0.3) is 11.1 Å². The van der Waals surface area contributed by atoms with Crippen molar-refractivity contribution in [2.24, 2.45) is 0 Å². The minimum Gasteiger partial charge on any atom is -0.383 e. The molecule has 2 aliphatic heterocycles. The smallest absolute Gasteiger partial charge is 0.294 e. The van der Waals surface area contributed by atoms with Gasteiger partial charge in [0, 0.05) is 56.9 Å². The maximum Gasteiger partial charge on any atom is 0.294 e. The van der Waals surface area contributed by atoms with Crippen molar-refractivity contribution in [1.29, 1.82) is 0 Å². The number of imide groups is 1. The second-order valence-corrected chi connectivity index (χ2v) is 9.44. The fourth-order valence-electron chi connectivity index (χ4n) is 4.37. The van der Waals surface area contributed by atoms with Gasteiger partial charge in [0.05, 0.1) is 11.5 Å². The fraction of sp³-hybridized carbons (Fsp3) is 0.400. The second kappa shape index (κ2) is 10.5. The van der Waals surface area contributed by atoms with Gasteiger partial charge in [-0.25, -0.2) is 0 Å². The van der Waals surface area contributed by atoms with Crippen LogP contribution in [0, 0.1) is 13.8 Å². The summed E-state index contributed by atoms with van der Waals surface area (Å²) < 4.78 is 7.30. The predicted molar refractivity (Wildman–Crippen MR) is 134 cm³/mol. The van der Waals surface area contributed by atoms with Crippen LogP contribution in [0.2, 0.25) is 0 Å². The minimum atomic E-state index is -0.409. The summed E-state index contributed by atoms with van der Waals surface area (Å²) in [6, 6.07) is 12.1. The number of aryl methyl sites for hydroxylation is 1. The summed E-state index contributed by atoms with van der Waals surface area (Å²) in [6.07, 6.45) is 1.75. The predicted octanol–water partition coefficient (Wildman–Crippen LogP) is 3.14. The highest BCUT2D eigenvalue weighted by Crippen LogP contribution is 2.33. The first kappa shape index (κ1) is 24.1. The average Bonchev–Trinajstić information content (AvgIpc) is 3.27. The quantitative estimate of drug-likeness (QED) is 0.565. The number of benzene rings is 1. The lowest BCUT2D eigenvalue weighted by Crippen LogP contribution is -2.51. The third-order valence-corrected chi connectivity index (χ3v) is 7.25. The summed E-state index contributed by atoms with van der Waals surface area (Å²) in [7, 11) is 1.66. The van der Waals surface area contributed by atoms with E-state index in [0.29, 0.717) is 24.6 Å². The molecule has 0 N–H and O–H groups in total. The average molecular weight is 483 g/mol. The summed E-state index contributed by atoms with van der Waals surface area (Å²) in [5, 5.41) is -0.402. The number of hydrogen-bond acceptors (Lipinski definition) is 6. The molecule has 34 heavy (non-hydrogen) atoms. The highest BCUT2D eigenvalue weighted by molar-refractivity contribution is 8.18. The van der Waals surface area contributed by atoms with E-state index in [-0.39, 0.29) is 12.5 Å². The van der Waals surface area contributed by atoms with Crippen LogP contribution in [0.5, 0.6) is 0 Å². The number of hydrogen-bond donors (Lipinski definition) is 0. The number of carbonyl (C=O) groups excluding carboxylic acids is 3. The Bertz CT molecular complexity index is 1100. The van der Waals surface area contributed by atoms with E-state index in [1.807, 2.05) is 38.1 Å². The standard InChI is InChI=1S/C25H30N4O4S/c1-18-15-20(19(2)28(18)13-14-33-3)16-22-24(31)29(25(32)34-22)17-23(30)27-11-9-26(10-12-27)21-7-5-4-6-8-21/h4-8,15-16H,9-14,17H2,1-3H3/b22-16+. The van der Waals surface area contributed by atoms with Crippen LogP contribution in [0.15, 0.2) is 41.3 Å². The molecule has 4 rings (SSSR count). The normalized spacial score (nSPS) is 17.9. The fourth-order valence-corrected chi connectivity index (χ4v) is 5.20. The van der Waals surface area contributed by atoms with Gasteiger partial charge in [0.15, 0.2) is 0 Å². The Morgan fingerprint density at radius 1 is 1.09 bits per heavy atom. The number of ether oxygens (including phenoxy) is 1. The Hall–Kier alpha value is -3.04. The van der Waals surface area contributed by atoms with Crippen LogP contribution in [-0.4, -0.2) is 77.9 Å². The number of aromatic nitrogens is 1. The second-order valence-electron chi connectivity index (χ2n) is 8.44. The van der Waals surface area contributed by atoms with Gasteiger partial charge >= 0.3 is 0 Å². The van der Waals surface area contributed by atoms with Gasteiger partial charge in [-0.1, -0.05) is 18.2 Å². The van der Waals surface area contributed by atoms with Gasteiger partial charge in [-0.2, -0.15) is 0 Å². The molecular weight excluding hydrogens is 452 g/mol. The lowest BCUT2D eigenvalue weighted by atomic mass is 10.2. The molecule has 9 heteroatoms. The maximum absolute atomic E-state index is 13.0. The molecule has 2 saturated heterocycles. The van der Waals surface area contributed by atoms with Crippen LogP contribution < -0.4 is 4.90 Å². The number of carbonyl (C=O) groups is 3. The molecule has 2 aromatic rings. The van der Waals surface area contributed by atoms with E-state index in [4.69, 9.17) is 4.74 Å². The van der Waals surface area contributed by atoms with Crippen molar-refractivity contribution in [1.82, 2.24) is 14.4 Å². The topological polar surface area (TPSA) is 75.1 Å². The van der Waals surface area contributed by atoms with Crippen LogP contribution in [-0.2, 0) is 20.9 Å². The molecular formula is C25H30N4O4S. The number of rotatable bonds is 7. The summed E-state index contributed by atoms with van der Waals surface area (Å²) >= 11 is 0.890. The molecule has 0 saturated carbocycles. The molecule has 0 bridgehead atoms. The van der Waals surface area contributed by atoms with Crippen molar-refractivity contribution in [3.05, 3.63) is 58.3 Å². The third-order valence-electron chi connectivity index (χ3n) is 6.34. The van der Waals surface area contributed by atoms with Gasteiger partial charge in [-0.3, -0.25) is 19.3 Å². The highest BCUT2D eigenvalue weighted by atomic mass is 32.2. The van der Waals surface area contributed by atoms with Crippen LogP contribution in [0.3, 0.4) is 0 Å². The van der Waals surface area contributed by atoms with E-state index in [1.54, 1.807) is 18.1 Å². The monoisotopic (exact) mass is 482 g/mol. The van der Waals surface area contributed by atoms with E-state index < -0.39 is 11.1 Å². The van der Waals surface area contributed by atoms with Crippen LogP contribution in [0.25, 0.3) is 6.08 Å². The number of piperazine rings is 1. The minimum absolute atomic E-state index is 0.200. The van der Waals surface area contributed by atoms with Crippen LogP contribution >= 0.6 is 11.8 Å². The molecule has 8 nitrogen and oxygen atoms in total. The van der Waals surface area contributed by atoms with E-state index >= 15 is 0 Å². The van der Waals surface area contributed by atoms with Gasteiger partial charge in [-0.05, 0) is 55.4 Å². The number of nitrogens with zero attached hydrogens (tertiary/aromatic N) is 4. The van der Waals surface area contributed by atoms with Crippen LogP contribution in [0.4, 0.5) is 10.5 Å². The van der Waals surface area contributed by atoms with E-state index in [9.17, 15) is 14.4 Å². The highest BCUT2D eigenvalue weighted by Gasteiger charge is 2.37. The van der Waals surface area contributed by atoms with Crippen LogP contribution in [0.1, 0.15) is 17.0 Å². The van der Waals surface area contributed by atoms with E-state index in [1.165, 1.54) is 0 Å². The Kier molecular flexibility index (Phi) is 7.43. The third kappa shape index (κ3) is 5.05. The SMILES string of the molecule is COCCn1c(C)cc(/C=C2/SC(=O)N(CC(=O)N3CCN(c4ccccc4)CC3)C2=O)c1C. The summed E-state index contributed by atoms with van der Waals surface area (Å²) in [4.78, 5) is 43.8. The molecule has 2 fully saturated rings. The van der Waals surface area contributed by atoms with Crippen molar-refractivity contribution in [3.63, 3.8) is 0 Å². The Labute approximate surface area is 204 Å². The first-order valence-corrected chi connectivity index (χ1v) is 12.2. The number of amides is 3. The number of methoxy groups -OCH3 is 1. The van der Waals surface area contributed by atoms with E-state index in [0.717, 1.165) is 58.9 Å². The zero-order valence-electron chi connectivity index (χ0n) is 19.8. The molecule has 0 radical (unpaired) electrons.